The fourth-order valence-electron chi connectivity index (χ4n) is 2.92. The Morgan fingerprint density at radius 3 is 2.38 bits per heavy atom. The first-order valence-electron chi connectivity index (χ1n) is 8.17. The normalized spacial score (nSPS) is 10.8. The lowest BCUT2D eigenvalue weighted by Crippen LogP contribution is -2.00. The first-order valence-corrected chi connectivity index (χ1v) is 9.39. The number of methoxy groups -OCH3 is 1. The van der Waals surface area contributed by atoms with Gasteiger partial charge in [0.15, 0.2) is 0 Å². The van der Waals surface area contributed by atoms with E-state index in [0.717, 1.165) is 33.4 Å². The van der Waals surface area contributed by atoms with Gasteiger partial charge in [0, 0.05) is 18.0 Å². The monoisotopic (exact) mass is 362 g/mol. The molecule has 0 atom stereocenters. The lowest BCUT2D eigenvalue weighted by atomic mass is 10.1. The van der Waals surface area contributed by atoms with E-state index in [4.69, 9.17) is 9.84 Å². The molecule has 0 aliphatic carbocycles. The molecular weight excluding hydrogens is 344 g/mol. The van der Waals surface area contributed by atoms with E-state index in [1.165, 1.54) is 0 Å². The second kappa shape index (κ2) is 7.09. The summed E-state index contributed by atoms with van der Waals surface area (Å²) < 4.78 is 9.31. The summed E-state index contributed by atoms with van der Waals surface area (Å²) in [7, 11) is 1.67. The van der Waals surface area contributed by atoms with Crippen LogP contribution in [-0.4, -0.2) is 32.7 Å². The van der Waals surface area contributed by atoms with Crippen molar-refractivity contribution < 1.29 is 4.74 Å². The molecule has 4 rings (SSSR count). The molecule has 0 unspecified atom stereocenters. The van der Waals surface area contributed by atoms with E-state index < -0.39 is 0 Å². The molecule has 0 N–H and O–H groups in total. The first-order chi connectivity index (χ1) is 12.8. The molecule has 0 aliphatic heterocycles. The fourth-order valence-corrected chi connectivity index (χ4v) is 3.47. The summed E-state index contributed by atoms with van der Waals surface area (Å²) in [4.78, 5) is 4.21. The van der Waals surface area contributed by atoms with Crippen LogP contribution in [-0.2, 0) is 0 Å². The van der Waals surface area contributed by atoms with E-state index in [2.05, 4.69) is 29.2 Å². The Bertz CT molecular complexity index is 992. The van der Waals surface area contributed by atoms with Crippen molar-refractivity contribution in [1.29, 1.82) is 0 Å². The van der Waals surface area contributed by atoms with Crippen LogP contribution in [0.5, 0.6) is 5.75 Å². The molecule has 0 spiro atoms. The molecular formula is C20H18N4OS. The summed E-state index contributed by atoms with van der Waals surface area (Å²) in [5, 5.41) is 5.82. The van der Waals surface area contributed by atoms with Gasteiger partial charge >= 0.3 is 0 Å². The fraction of sp³-hybridized carbons (Fsp3) is 0.100. The summed E-state index contributed by atoms with van der Waals surface area (Å²) in [6, 6.07) is 18.2. The van der Waals surface area contributed by atoms with Gasteiger partial charge in [-0.25, -0.2) is 9.67 Å². The molecule has 2 heterocycles. The third kappa shape index (κ3) is 2.88. The zero-order valence-electron chi connectivity index (χ0n) is 14.5. The molecule has 2 aromatic heterocycles. The van der Waals surface area contributed by atoms with Crippen LogP contribution in [0.2, 0.25) is 0 Å². The molecule has 0 saturated carbocycles. The second-order valence-electron chi connectivity index (χ2n) is 5.65. The van der Waals surface area contributed by atoms with Crippen LogP contribution in [0.4, 0.5) is 0 Å². The van der Waals surface area contributed by atoms with Crippen molar-refractivity contribution >= 4 is 11.8 Å². The minimum Gasteiger partial charge on any atom is -0.497 e. The molecule has 130 valence electrons. The van der Waals surface area contributed by atoms with Crippen LogP contribution in [0, 0.1) is 0 Å². The van der Waals surface area contributed by atoms with Crippen molar-refractivity contribution in [2.24, 2.45) is 0 Å². The van der Waals surface area contributed by atoms with Gasteiger partial charge in [-0.1, -0.05) is 18.2 Å². The summed E-state index contributed by atoms with van der Waals surface area (Å²) in [6.45, 7) is 0. The molecule has 4 aromatic rings. The van der Waals surface area contributed by atoms with Gasteiger partial charge in [-0.3, -0.25) is 0 Å². The molecule has 0 aliphatic rings. The Morgan fingerprint density at radius 2 is 1.77 bits per heavy atom. The van der Waals surface area contributed by atoms with Crippen molar-refractivity contribution in [1.82, 2.24) is 19.3 Å². The largest absolute Gasteiger partial charge is 0.497 e. The average molecular weight is 362 g/mol. The Balaban J connectivity index is 2.00. The maximum atomic E-state index is 5.31. The number of hydrogen-bond donors (Lipinski definition) is 0. The Kier molecular flexibility index (Phi) is 4.50. The SMILES string of the molecule is COc1ccc(-c2c(-n3ccnc3)c(SC)nn2-c2ccccc2)cc1. The molecule has 5 nitrogen and oxygen atoms in total. The third-order valence-corrected chi connectivity index (χ3v) is 4.81. The number of aromatic nitrogens is 4. The number of para-hydroxylation sites is 1. The van der Waals surface area contributed by atoms with Crippen LogP contribution < -0.4 is 4.74 Å². The molecule has 0 amide bonds. The maximum Gasteiger partial charge on any atom is 0.143 e. The highest BCUT2D eigenvalue weighted by atomic mass is 32.2. The Labute approximate surface area is 156 Å². The van der Waals surface area contributed by atoms with Gasteiger partial charge in [0.25, 0.3) is 0 Å². The van der Waals surface area contributed by atoms with Crippen molar-refractivity contribution in [2.45, 2.75) is 5.03 Å². The highest BCUT2D eigenvalue weighted by Crippen LogP contribution is 2.36. The van der Waals surface area contributed by atoms with Crippen LogP contribution in [0.25, 0.3) is 22.6 Å². The summed E-state index contributed by atoms with van der Waals surface area (Å²) in [5.41, 5.74) is 4.11. The van der Waals surface area contributed by atoms with Gasteiger partial charge in [-0.05, 0) is 42.7 Å². The molecule has 0 fully saturated rings. The predicted octanol–water partition coefficient (Wildman–Crippen LogP) is 4.46. The Morgan fingerprint density at radius 1 is 1.00 bits per heavy atom. The van der Waals surface area contributed by atoms with E-state index in [-0.39, 0.29) is 0 Å². The summed E-state index contributed by atoms with van der Waals surface area (Å²) in [5.74, 6) is 0.828. The molecule has 2 aromatic carbocycles. The van der Waals surface area contributed by atoms with Crippen molar-refractivity contribution in [3.8, 4) is 28.4 Å². The molecule has 26 heavy (non-hydrogen) atoms. The Hall–Kier alpha value is -2.99. The number of hydrogen-bond acceptors (Lipinski definition) is 4. The number of nitrogens with zero attached hydrogens (tertiary/aromatic N) is 4. The topological polar surface area (TPSA) is 44.9 Å². The highest BCUT2D eigenvalue weighted by molar-refractivity contribution is 7.98. The van der Waals surface area contributed by atoms with Gasteiger partial charge in [-0.15, -0.1) is 11.8 Å². The van der Waals surface area contributed by atoms with E-state index in [1.807, 2.05) is 52.0 Å². The van der Waals surface area contributed by atoms with E-state index in [1.54, 1.807) is 31.4 Å². The van der Waals surface area contributed by atoms with Crippen molar-refractivity contribution in [3.05, 3.63) is 73.3 Å². The van der Waals surface area contributed by atoms with Crippen LogP contribution in [0.15, 0.2) is 78.3 Å². The van der Waals surface area contributed by atoms with Crippen molar-refractivity contribution in [3.63, 3.8) is 0 Å². The zero-order valence-corrected chi connectivity index (χ0v) is 15.4. The van der Waals surface area contributed by atoms with E-state index in [9.17, 15) is 0 Å². The quantitative estimate of drug-likeness (QED) is 0.492. The molecule has 6 heteroatoms. The van der Waals surface area contributed by atoms with E-state index in [0.29, 0.717) is 0 Å². The second-order valence-corrected chi connectivity index (χ2v) is 6.45. The highest BCUT2D eigenvalue weighted by Gasteiger charge is 2.21. The van der Waals surface area contributed by atoms with Gasteiger partial charge in [-0.2, -0.15) is 5.10 Å². The summed E-state index contributed by atoms with van der Waals surface area (Å²) in [6.07, 6.45) is 7.57. The number of ether oxygens (including phenoxy) is 1. The molecule has 0 saturated heterocycles. The zero-order chi connectivity index (χ0) is 17.9. The first kappa shape index (κ1) is 16.5. The van der Waals surface area contributed by atoms with Crippen LogP contribution >= 0.6 is 11.8 Å². The number of imidazole rings is 1. The number of benzene rings is 2. The van der Waals surface area contributed by atoms with Crippen LogP contribution in [0.1, 0.15) is 0 Å². The minimum absolute atomic E-state index is 0.828. The molecule has 0 radical (unpaired) electrons. The van der Waals surface area contributed by atoms with E-state index >= 15 is 0 Å². The molecule has 0 bridgehead atoms. The maximum absolute atomic E-state index is 5.31. The lowest BCUT2D eigenvalue weighted by Gasteiger charge is -2.11. The van der Waals surface area contributed by atoms with Gasteiger partial charge in [0.05, 0.1) is 24.8 Å². The van der Waals surface area contributed by atoms with Gasteiger partial charge < -0.3 is 9.30 Å². The lowest BCUT2D eigenvalue weighted by molar-refractivity contribution is 0.415. The van der Waals surface area contributed by atoms with Crippen LogP contribution in [0.3, 0.4) is 0 Å². The average Bonchev–Trinajstić information content (AvgIpc) is 3.36. The van der Waals surface area contributed by atoms with Gasteiger partial charge in [0.2, 0.25) is 0 Å². The van der Waals surface area contributed by atoms with Gasteiger partial charge in [0.1, 0.15) is 16.5 Å². The number of thioether (sulfide) groups is 1. The smallest absolute Gasteiger partial charge is 0.143 e. The van der Waals surface area contributed by atoms with Crippen molar-refractivity contribution in [2.75, 3.05) is 13.4 Å². The predicted molar refractivity (Wildman–Crippen MR) is 104 cm³/mol. The minimum atomic E-state index is 0.828. The third-order valence-electron chi connectivity index (χ3n) is 4.15. The standard InChI is InChI=1S/C20H18N4OS/c1-25-17-10-8-15(9-11-17)18-19(23-13-12-21-14-23)20(26-2)22-24(18)16-6-4-3-5-7-16/h3-14H,1-2H3. The number of rotatable bonds is 5. The summed E-state index contributed by atoms with van der Waals surface area (Å²) >= 11 is 1.62.